The molecule has 5 atom stereocenters. The van der Waals surface area contributed by atoms with Crippen LogP contribution in [-0.4, -0.2) is 134 Å². The zero-order valence-electron chi connectivity index (χ0n) is 77.2. The molecule has 5 N–H and O–H groups in total. The minimum absolute atomic E-state index is 0.0408. The van der Waals surface area contributed by atoms with E-state index >= 15 is 0 Å². The van der Waals surface area contributed by atoms with E-state index in [0.29, 0.717) is 58.3 Å². The number of ketones is 1. The number of cyclic esters (lactones) is 1. The third kappa shape index (κ3) is 31.6. The molecule has 4 heterocycles. The van der Waals surface area contributed by atoms with Crippen molar-refractivity contribution in [2.75, 3.05) is 51.4 Å². The molecule has 2 saturated heterocycles. The van der Waals surface area contributed by atoms with Gasteiger partial charge in [0.1, 0.15) is 40.3 Å². The number of amidine groups is 1. The molecule has 2 fully saturated rings. The minimum atomic E-state index is -2.01. The summed E-state index contributed by atoms with van der Waals surface area (Å²) < 4.78 is 66.5. The first-order chi connectivity index (χ1) is 60.6. The molecule has 5 amide bonds. The van der Waals surface area contributed by atoms with Gasteiger partial charge in [0.25, 0.3) is 23.6 Å². The molecule has 5 unspecified atom stereocenters. The number of amides is 5. The Morgan fingerprint density at radius 3 is 1.63 bits per heavy atom. The van der Waals surface area contributed by atoms with Gasteiger partial charge in [-0.25, -0.2) is 14.4 Å². The second-order valence-electron chi connectivity index (χ2n) is 35.2. The third-order valence-electron chi connectivity index (χ3n) is 22.7. The molecule has 3 aliphatic rings. The molecule has 0 aliphatic carbocycles. The summed E-state index contributed by atoms with van der Waals surface area (Å²) in [5, 5.41) is 34.1. The Morgan fingerprint density at radius 1 is 0.614 bits per heavy atom. The Hall–Kier alpha value is -9.78. The van der Waals surface area contributed by atoms with E-state index in [1.165, 1.54) is 164 Å². The highest BCUT2D eigenvalue weighted by Gasteiger charge is 2.55. The van der Waals surface area contributed by atoms with Crippen LogP contribution in [0.1, 0.15) is 274 Å². The van der Waals surface area contributed by atoms with Crippen molar-refractivity contribution in [3.8, 4) is 34.5 Å². The van der Waals surface area contributed by atoms with E-state index in [9.17, 15) is 42.3 Å². The van der Waals surface area contributed by atoms with Crippen LogP contribution in [0.5, 0.6) is 34.5 Å². The number of unbranched alkanes of at least 4 members (excludes halogenated alkanes) is 18. The lowest BCUT2D eigenvalue weighted by Crippen LogP contribution is -2.55. The number of hydrazone groups is 1. The van der Waals surface area contributed by atoms with Crippen LogP contribution >= 0.6 is 23.4 Å². The van der Waals surface area contributed by atoms with Gasteiger partial charge in [0, 0.05) is 36.8 Å². The molecule has 0 radical (unpaired) electrons. The lowest BCUT2D eigenvalue weighted by Gasteiger charge is -2.31. The minimum Gasteiger partial charge on any atom is -0.506 e. The fourth-order valence-corrected chi connectivity index (χ4v) is 16.6. The summed E-state index contributed by atoms with van der Waals surface area (Å²) in [7, 11) is 1.75. The number of aromatic nitrogens is 4. The number of rotatable bonds is 48. The number of nitrogens with one attached hydrogen (secondary N) is 4. The van der Waals surface area contributed by atoms with Crippen LogP contribution in [0, 0.1) is 12.3 Å². The number of aryl methyl sites for hydroxylation is 2. The summed E-state index contributed by atoms with van der Waals surface area (Å²) in [6.45, 7) is 32.3. The molecule has 127 heavy (non-hydrogen) atoms. The molecule has 31 heteroatoms. The van der Waals surface area contributed by atoms with E-state index in [4.69, 9.17) is 44.0 Å². The number of anilines is 5. The van der Waals surface area contributed by atoms with Crippen molar-refractivity contribution in [3.63, 3.8) is 0 Å². The van der Waals surface area contributed by atoms with Gasteiger partial charge in [-0.15, -0.1) is 5.10 Å². The first-order valence-corrected chi connectivity index (χ1v) is 48.5. The number of ether oxygens (including phenoxy) is 4. The maximum atomic E-state index is 13.7. The van der Waals surface area contributed by atoms with Crippen LogP contribution in [0.4, 0.5) is 33.2 Å². The fourth-order valence-electron chi connectivity index (χ4n) is 14.1. The summed E-state index contributed by atoms with van der Waals surface area (Å²) in [4.78, 5) is 80.7. The van der Waals surface area contributed by atoms with E-state index in [1.54, 1.807) is 123 Å². The Balaban J connectivity index is 0.000000247. The average Bonchev–Trinajstić information content (AvgIpc) is 1.65. The van der Waals surface area contributed by atoms with Crippen LogP contribution in [0.15, 0.2) is 138 Å². The number of hydrogen-bond acceptors (Lipinski definition) is 21. The molecule has 1 aromatic heterocycles. The highest BCUT2D eigenvalue weighted by molar-refractivity contribution is 8.01. The number of thioether (sulfide) groups is 1. The lowest BCUT2D eigenvalue weighted by molar-refractivity contribution is -0.145. The summed E-state index contributed by atoms with van der Waals surface area (Å²) in [6, 6.07) is 35.2. The largest absolute Gasteiger partial charge is 0.506 e. The number of tetrazole rings is 1. The Morgan fingerprint density at radius 2 is 1.13 bits per heavy atom. The monoisotopic (exact) mass is 1830 g/mol. The van der Waals surface area contributed by atoms with E-state index in [2.05, 4.69) is 108 Å². The molecule has 6 aromatic carbocycles. The molecule has 0 bridgehead atoms. The SMILES string of the molecule is CCC(Oc1ccc(C(C)(C)CC)cc1C(C)(C)CC)C(=O)Nc1ccc(N2N=C(N3CCCC3)C(Sc3nnnn3C)C2=O)cc1.CCCCCCCCCCCCOc1ccc(OS(=O)Nc2ccc(O)c(NS(=O)Oc3ccc(OCCCCCCCCCCCC)cc3)c2)cc1.Cc1ccc(Cl)c(NC(=O)C(C(=O)C(C)(C)C)N2C(=O)OC(C)(C)C2=O)c1. The van der Waals surface area contributed by atoms with Gasteiger partial charge in [-0.1, -0.05) is 240 Å². The van der Waals surface area contributed by atoms with E-state index < -0.39 is 74.6 Å². The number of Topliss-reactive ketones (excluding diaryl/α,β-unsaturated/α-hetero) is 1. The van der Waals surface area contributed by atoms with Crippen molar-refractivity contribution >= 4 is 116 Å². The predicted octanol–water partition coefficient (Wildman–Crippen LogP) is 21.8. The fraction of sp³-hybridized carbons (Fsp3) is 0.542. The number of phenolic OH excluding ortho intramolecular Hbond substituents is 1. The summed E-state index contributed by atoms with van der Waals surface area (Å²) in [6.07, 6.45) is 28.4. The van der Waals surface area contributed by atoms with E-state index in [1.807, 2.05) is 19.9 Å². The van der Waals surface area contributed by atoms with Crippen molar-refractivity contribution in [2.24, 2.45) is 17.6 Å². The zero-order valence-corrected chi connectivity index (χ0v) is 80.4. The maximum absolute atomic E-state index is 13.7. The molecular formula is C96H135ClN12O15S3. The summed E-state index contributed by atoms with van der Waals surface area (Å²) >= 11 is 3.46. The number of carbonyl (C=O) groups is 6. The molecule has 10 rings (SSSR count). The van der Waals surface area contributed by atoms with Crippen LogP contribution in [0.2, 0.25) is 5.02 Å². The number of halogens is 1. The number of phenols is 1. The highest BCUT2D eigenvalue weighted by Crippen LogP contribution is 2.41. The Labute approximate surface area is 766 Å². The standard InChI is InChI=1S/C42H64N2O7S2.C35H48N8O3S.C19H23ClN2O5/c1-3-5-7-9-11-13-15-17-19-21-33-48-37-24-28-39(29-25-37)50-52(46)43-36-23-32-42(45)41(35-36)44-53(47)51-40-30-26-38(27-31-40)49-34-22-20-18-16-14-12-10-8-6-4-2;1-9-27(46-28-19-14-23(34(4,5)10-2)22-26(28)35(6,7)11-3)31(44)36-24-15-17-25(18-16-24)43-32(45)29(47-33-37-39-40-41(33)8)30(38-43)42-20-12-13-21-42;1-10-7-8-11(20)12(9-10)21-15(24)13(14(23)18(2,3)4)22-16(25)19(5,6)27-17(22)26/h23-32,35,43-45H,3-22,33-34H2,1-2H3;14-19,22,27,29H,9-13,20-21H2,1-8H3,(H,36,44);7-9,13H,1-6H3,(H,21,24). The first kappa shape index (κ1) is 103. The summed E-state index contributed by atoms with van der Waals surface area (Å²) in [5.74, 6) is 1.01. The van der Waals surface area contributed by atoms with E-state index in [-0.39, 0.29) is 44.8 Å². The van der Waals surface area contributed by atoms with Crippen molar-refractivity contribution in [1.82, 2.24) is 30.0 Å². The second-order valence-corrected chi connectivity index (χ2v) is 38.4. The quantitative estimate of drug-likeness (QED) is 0.0102. The van der Waals surface area contributed by atoms with Crippen LogP contribution in [0.25, 0.3) is 0 Å². The van der Waals surface area contributed by atoms with Crippen molar-refractivity contribution in [3.05, 3.63) is 149 Å². The number of likely N-dealkylation sites (tertiary alicyclic amines) is 1. The molecule has 0 spiro atoms. The molecule has 694 valence electrons. The number of imide groups is 1. The Bertz CT molecular complexity index is 4790. The first-order valence-electron chi connectivity index (χ1n) is 45.1. The number of carbonyl (C=O) groups excluding carboxylic acids is 6. The van der Waals surface area contributed by atoms with Crippen LogP contribution < -0.4 is 47.7 Å². The van der Waals surface area contributed by atoms with Gasteiger partial charge in [-0.2, -0.15) is 18.5 Å². The summed E-state index contributed by atoms with van der Waals surface area (Å²) in [5.41, 5.74) is 2.74. The number of benzene rings is 6. The van der Waals surface area contributed by atoms with Crippen molar-refractivity contribution in [1.29, 1.82) is 0 Å². The second kappa shape index (κ2) is 50.3. The molecular weight excluding hydrogens is 1690 g/mol. The van der Waals surface area contributed by atoms with Gasteiger partial charge >= 0.3 is 28.6 Å². The predicted molar refractivity (Wildman–Crippen MR) is 508 cm³/mol. The van der Waals surface area contributed by atoms with Crippen LogP contribution in [-0.2, 0) is 69.1 Å². The van der Waals surface area contributed by atoms with Crippen LogP contribution in [0.3, 0.4) is 0 Å². The van der Waals surface area contributed by atoms with Gasteiger partial charge in [-0.05, 0) is 207 Å². The number of hydrogen-bond donors (Lipinski definition) is 5. The molecule has 27 nitrogen and oxygen atoms in total. The molecule has 3 aliphatic heterocycles. The normalized spacial score (nSPS) is 15.3. The van der Waals surface area contributed by atoms with E-state index in [0.717, 1.165) is 92.2 Å². The van der Waals surface area contributed by atoms with Gasteiger partial charge < -0.3 is 48.0 Å². The number of aromatic hydroxyl groups is 1. The molecule has 7 aromatic rings. The Kier molecular flexibility index (Phi) is 40.6. The lowest BCUT2D eigenvalue weighted by atomic mass is 9.76. The van der Waals surface area contributed by atoms with Crippen molar-refractivity contribution in [2.45, 2.75) is 303 Å². The zero-order chi connectivity index (χ0) is 92.4. The third-order valence-corrected chi connectivity index (χ3v) is 25.7. The topological polar surface area (TPSA) is 326 Å². The van der Waals surface area contributed by atoms with Gasteiger partial charge in [0.05, 0.1) is 41.0 Å². The van der Waals surface area contributed by atoms with Gasteiger partial charge in [0.15, 0.2) is 28.8 Å². The maximum Gasteiger partial charge on any atom is 0.418 e. The van der Waals surface area contributed by atoms with Gasteiger partial charge in [-0.3, -0.25) is 33.4 Å². The molecule has 0 saturated carbocycles. The average molecular weight is 1830 g/mol. The van der Waals surface area contributed by atoms with Crippen molar-refractivity contribution < 1.29 is 69.6 Å². The van der Waals surface area contributed by atoms with Gasteiger partial charge in [0.2, 0.25) is 5.16 Å². The smallest absolute Gasteiger partial charge is 0.418 e. The number of nitrogens with zero attached hydrogens (tertiary/aromatic N) is 8. The highest BCUT2D eigenvalue weighted by atomic mass is 35.5.